The Morgan fingerprint density at radius 3 is 2.11 bits per heavy atom. The molecule has 0 amide bonds. The van der Waals surface area contributed by atoms with Crippen molar-refractivity contribution in [2.24, 2.45) is 0 Å². The molecule has 0 aliphatic rings. The summed E-state index contributed by atoms with van der Waals surface area (Å²) in [4.78, 5) is 0. The molecule has 0 N–H and O–H groups in total. The van der Waals surface area contributed by atoms with E-state index < -0.39 is 12.1 Å². The third kappa shape index (κ3) is 4.00. The molecule has 0 saturated heterocycles. The van der Waals surface area contributed by atoms with E-state index in [9.17, 15) is 13.2 Å². The minimum absolute atomic E-state index is 0.0654. The number of halogens is 4. The first kappa shape index (κ1) is 9.52. The SMILES string of the molecule is CC(F)(F)C(F)CCI. The molecule has 1 atom stereocenters. The van der Waals surface area contributed by atoms with Gasteiger partial charge in [0, 0.05) is 11.4 Å². The molecule has 0 aromatic rings. The maximum Gasteiger partial charge on any atom is 0.275 e. The van der Waals surface area contributed by atoms with Crippen LogP contribution in [0.1, 0.15) is 13.3 Å². The van der Waals surface area contributed by atoms with Crippen LogP contribution in [0, 0.1) is 0 Å². The highest BCUT2D eigenvalue weighted by molar-refractivity contribution is 14.1. The van der Waals surface area contributed by atoms with Crippen molar-refractivity contribution in [3.05, 3.63) is 0 Å². The van der Waals surface area contributed by atoms with Crippen LogP contribution in [-0.2, 0) is 0 Å². The normalized spacial score (nSPS) is 15.7. The summed E-state index contributed by atoms with van der Waals surface area (Å²) < 4.78 is 36.4. The molecule has 0 aliphatic carbocycles. The molecule has 9 heavy (non-hydrogen) atoms. The van der Waals surface area contributed by atoms with Gasteiger partial charge in [0.25, 0.3) is 5.92 Å². The molecule has 0 aliphatic heterocycles. The van der Waals surface area contributed by atoms with Gasteiger partial charge in [-0.05, 0) is 6.42 Å². The van der Waals surface area contributed by atoms with Crippen molar-refractivity contribution in [3.63, 3.8) is 0 Å². The van der Waals surface area contributed by atoms with Gasteiger partial charge in [-0.15, -0.1) is 0 Å². The fraction of sp³-hybridized carbons (Fsp3) is 1.00. The van der Waals surface area contributed by atoms with Crippen LogP contribution in [0.25, 0.3) is 0 Å². The smallest absolute Gasteiger partial charge is 0.241 e. The molecule has 56 valence electrons. The summed E-state index contributed by atoms with van der Waals surface area (Å²) >= 11 is 1.87. The lowest BCUT2D eigenvalue weighted by molar-refractivity contribution is -0.0552. The Labute approximate surface area is 66.0 Å². The van der Waals surface area contributed by atoms with E-state index in [1.54, 1.807) is 0 Å². The Kier molecular flexibility index (Phi) is 3.84. The molecule has 1 unspecified atom stereocenters. The summed E-state index contributed by atoms with van der Waals surface area (Å²) in [5, 5.41) is 0. The van der Waals surface area contributed by atoms with E-state index in [2.05, 4.69) is 0 Å². The zero-order chi connectivity index (χ0) is 7.49. The predicted octanol–water partition coefficient (Wildman–Crippen LogP) is 2.80. The second kappa shape index (κ2) is 3.63. The largest absolute Gasteiger partial charge is 0.275 e. The topological polar surface area (TPSA) is 0 Å². The average Bonchev–Trinajstić information content (AvgIpc) is 1.64. The van der Waals surface area contributed by atoms with Crippen molar-refractivity contribution in [1.29, 1.82) is 0 Å². The zero-order valence-electron chi connectivity index (χ0n) is 5.00. The highest BCUT2D eigenvalue weighted by Gasteiger charge is 2.33. The zero-order valence-corrected chi connectivity index (χ0v) is 7.16. The minimum Gasteiger partial charge on any atom is -0.241 e. The molecule has 0 nitrogen and oxygen atoms in total. The van der Waals surface area contributed by atoms with Crippen molar-refractivity contribution >= 4 is 22.6 Å². The van der Waals surface area contributed by atoms with E-state index in [0.717, 1.165) is 0 Å². The third-order valence-corrected chi connectivity index (χ3v) is 1.54. The summed E-state index contributed by atoms with van der Waals surface area (Å²) in [5.41, 5.74) is 0. The Morgan fingerprint density at radius 2 is 2.00 bits per heavy atom. The second-order valence-corrected chi connectivity index (χ2v) is 2.98. The van der Waals surface area contributed by atoms with E-state index in [1.807, 2.05) is 22.6 Å². The first-order chi connectivity index (χ1) is 3.98. The quantitative estimate of drug-likeness (QED) is 0.535. The molecule has 0 rings (SSSR count). The minimum atomic E-state index is -3.16. The number of hydrogen-bond acceptors (Lipinski definition) is 0. The Hall–Kier alpha value is 0.520. The van der Waals surface area contributed by atoms with Crippen LogP contribution in [0.4, 0.5) is 13.2 Å². The Bertz CT molecular complexity index is 78.8. The van der Waals surface area contributed by atoms with Crippen LogP contribution < -0.4 is 0 Å². The van der Waals surface area contributed by atoms with Gasteiger partial charge in [0.2, 0.25) is 0 Å². The summed E-state index contributed by atoms with van der Waals surface area (Å²) in [5.74, 6) is -3.16. The van der Waals surface area contributed by atoms with Gasteiger partial charge in [-0.3, -0.25) is 0 Å². The van der Waals surface area contributed by atoms with E-state index in [0.29, 0.717) is 11.4 Å². The molecule has 0 aromatic carbocycles. The van der Waals surface area contributed by atoms with Crippen molar-refractivity contribution in [2.75, 3.05) is 4.43 Å². The van der Waals surface area contributed by atoms with Crippen molar-refractivity contribution < 1.29 is 13.2 Å². The van der Waals surface area contributed by atoms with Crippen LogP contribution >= 0.6 is 22.6 Å². The maximum atomic E-state index is 12.2. The molecule has 0 heterocycles. The Morgan fingerprint density at radius 1 is 1.56 bits per heavy atom. The molecule has 0 bridgehead atoms. The van der Waals surface area contributed by atoms with E-state index in [4.69, 9.17) is 0 Å². The number of rotatable bonds is 3. The van der Waals surface area contributed by atoms with Crippen LogP contribution in [0.2, 0.25) is 0 Å². The van der Waals surface area contributed by atoms with Gasteiger partial charge < -0.3 is 0 Å². The van der Waals surface area contributed by atoms with Crippen molar-refractivity contribution in [3.8, 4) is 0 Å². The van der Waals surface area contributed by atoms with Crippen LogP contribution in [0.15, 0.2) is 0 Å². The molecular weight excluding hydrogens is 244 g/mol. The summed E-state index contributed by atoms with van der Waals surface area (Å²) in [6, 6.07) is 0. The van der Waals surface area contributed by atoms with Crippen LogP contribution in [-0.4, -0.2) is 16.5 Å². The Balaban J connectivity index is 3.59. The standard InChI is InChI=1S/C5H8F3I/c1-5(7,8)4(6)2-3-9/h4H,2-3H2,1H3. The third-order valence-electron chi connectivity index (χ3n) is 0.913. The molecular formula is C5H8F3I. The van der Waals surface area contributed by atoms with Gasteiger partial charge in [0.15, 0.2) is 6.17 Å². The molecule has 0 aromatic heterocycles. The lowest BCUT2D eigenvalue weighted by Crippen LogP contribution is -2.25. The maximum absolute atomic E-state index is 12.2. The second-order valence-electron chi connectivity index (χ2n) is 1.90. The lowest BCUT2D eigenvalue weighted by Gasteiger charge is -2.13. The first-order valence-electron chi connectivity index (χ1n) is 2.56. The van der Waals surface area contributed by atoms with Crippen LogP contribution in [0.3, 0.4) is 0 Å². The van der Waals surface area contributed by atoms with Crippen molar-refractivity contribution in [2.45, 2.75) is 25.4 Å². The van der Waals surface area contributed by atoms with Crippen LogP contribution in [0.5, 0.6) is 0 Å². The van der Waals surface area contributed by atoms with Gasteiger partial charge in [-0.1, -0.05) is 22.6 Å². The summed E-state index contributed by atoms with van der Waals surface area (Å²) in [6.45, 7) is 0.601. The van der Waals surface area contributed by atoms with Gasteiger partial charge in [0.05, 0.1) is 0 Å². The fourth-order valence-corrected chi connectivity index (χ4v) is 0.896. The van der Waals surface area contributed by atoms with Gasteiger partial charge >= 0.3 is 0 Å². The van der Waals surface area contributed by atoms with E-state index in [-0.39, 0.29) is 6.42 Å². The van der Waals surface area contributed by atoms with Crippen molar-refractivity contribution in [1.82, 2.24) is 0 Å². The molecule has 0 fully saturated rings. The van der Waals surface area contributed by atoms with E-state index >= 15 is 0 Å². The number of alkyl halides is 4. The molecule has 0 spiro atoms. The highest BCUT2D eigenvalue weighted by Crippen LogP contribution is 2.23. The molecule has 0 saturated carbocycles. The van der Waals surface area contributed by atoms with Gasteiger partial charge in [0.1, 0.15) is 0 Å². The monoisotopic (exact) mass is 252 g/mol. The average molecular weight is 252 g/mol. The molecule has 0 radical (unpaired) electrons. The first-order valence-corrected chi connectivity index (χ1v) is 4.09. The summed E-state index contributed by atoms with van der Waals surface area (Å²) in [6.07, 6.45) is -2.04. The predicted molar refractivity (Wildman–Crippen MR) is 39.0 cm³/mol. The fourth-order valence-electron chi connectivity index (χ4n) is 0.349. The highest BCUT2D eigenvalue weighted by atomic mass is 127. The number of hydrogen-bond donors (Lipinski definition) is 0. The van der Waals surface area contributed by atoms with Gasteiger partial charge in [-0.2, -0.15) is 0 Å². The van der Waals surface area contributed by atoms with Gasteiger partial charge in [-0.25, -0.2) is 13.2 Å². The lowest BCUT2D eigenvalue weighted by atomic mass is 10.2. The summed E-state index contributed by atoms with van der Waals surface area (Å²) in [7, 11) is 0. The van der Waals surface area contributed by atoms with E-state index in [1.165, 1.54) is 0 Å². The molecule has 4 heteroatoms.